The van der Waals surface area contributed by atoms with Gasteiger partial charge in [0.2, 0.25) is 0 Å². The van der Waals surface area contributed by atoms with Crippen LogP contribution in [0.3, 0.4) is 0 Å². The second kappa shape index (κ2) is 7.33. The van der Waals surface area contributed by atoms with Crippen LogP contribution in [0, 0.1) is 5.92 Å². The minimum absolute atomic E-state index is 0.0109. The molecule has 0 aromatic carbocycles. The number of urea groups is 1. The molecule has 1 saturated heterocycles. The summed E-state index contributed by atoms with van der Waals surface area (Å²) in [6, 6.07) is -0.0461. The van der Waals surface area contributed by atoms with Crippen LogP contribution < -0.4 is 5.32 Å². The lowest BCUT2D eigenvalue weighted by atomic mass is 10.0. The van der Waals surface area contributed by atoms with Crippen LogP contribution >= 0.6 is 0 Å². The maximum atomic E-state index is 11.9. The van der Waals surface area contributed by atoms with E-state index in [0.717, 1.165) is 32.2 Å². The van der Waals surface area contributed by atoms with Gasteiger partial charge in [-0.2, -0.15) is 0 Å². The van der Waals surface area contributed by atoms with Gasteiger partial charge in [-0.1, -0.05) is 13.0 Å². The number of nitrogens with one attached hydrogen (secondary N) is 1. The van der Waals surface area contributed by atoms with E-state index in [-0.39, 0.29) is 18.7 Å². The topological polar surface area (TPSA) is 52.6 Å². The summed E-state index contributed by atoms with van der Waals surface area (Å²) in [5.74, 6) is 0.395. The lowest BCUT2D eigenvalue weighted by Gasteiger charge is -2.25. The summed E-state index contributed by atoms with van der Waals surface area (Å²) in [5.41, 5.74) is 0. The van der Waals surface area contributed by atoms with Gasteiger partial charge in [0, 0.05) is 13.1 Å². The van der Waals surface area contributed by atoms with Crippen molar-refractivity contribution in [3.8, 4) is 0 Å². The fraction of sp³-hybridized carbons (Fsp3) is 0.769. The Hall–Kier alpha value is -1.03. The summed E-state index contributed by atoms with van der Waals surface area (Å²) < 4.78 is 0. The molecule has 1 fully saturated rings. The van der Waals surface area contributed by atoms with E-state index in [1.165, 1.54) is 0 Å². The Labute approximate surface area is 104 Å². The van der Waals surface area contributed by atoms with Gasteiger partial charge in [0.05, 0.1) is 12.6 Å². The highest BCUT2D eigenvalue weighted by Crippen LogP contribution is 2.23. The molecule has 0 aromatic heterocycles. The molecule has 1 aliphatic heterocycles. The highest BCUT2D eigenvalue weighted by molar-refractivity contribution is 5.74. The average Bonchev–Trinajstić information content (AvgIpc) is 2.70. The van der Waals surface area contributed by atoms with Gasteiger partial charge in [-0.15, -0.1) is 6.58 Å². The molecule has 1 aliphatic rings. The van der Waals surface area contributed by atoms with Crippen LogP contribution in [-0.2, 0) is 0 Å². The first-order valence-electron chi connectivity index (χ1n) is 6.47. The van der Waals surface area contributed by atoms with Crippen LogP contribution in [0.15, 0.2) is 12.7 Å². The third kappa shape index (κ3) is 4.04. The van der Waals surface area contributed by atoms with Gasteiger partial charge >= 0.3 is 6.03 Å². The van der Waals surface area contributed by atoms with E-state index in [4.69, 9.17) is 0 Å². The van der Waals surface area contributed by atoms with Crippen molar-refractivity contribution in [3.05, 3.63) is 12.7 Å². The molecule has 0 saturated carbocycles. The Morgan fingerprint density at radius 3 is 3.00 bits per heavy atom. The first-order valence-corrected chi connectivity index (χ1v) is 6.47. The van der Waals surface area contributed by atoms with E-state index >= 15 is 0 Å². The average molecular weight is 240 g/mol. The Morgan fingerprint density at radius 2 is 2.35 bits per heavy atom. The number of aliphatic hydroxyl groups is 1. The third-order valence-electron chi connectivity index (χ3n) is 3.44. The molecule has 4 heteroatoms. The quantitative estimate of drug-likeness (QED) is 0.549. The highest BCUT2D eigenvalue weighted by Gasteiger charge is 2.33. The lowest BCUT2D eigenvalue weighted by molar-refractivity contribution is 0.144. The number of carbonyl (C=O) groups is 1. The number of unbranched alkanes of at least 4 members (excludes halogenated alkanes) is 2. The monoisotopic (exact) mass is 240 g/mol. The number of allylic oxidation sites excluding steroid dienone is 1. The van der Waals surface area contributed by atoms with Gasteiger partial charge in [0.1, 0.15) is 0 Å². The SMILES string of the molecule is C=CCCCCNC(=O)N1CC[C@@H](C)[C@H]1CO. The van der Waals surface area contributed by atoms with E-state index in [9.17, 15) is 9.90 Å². The summed E-state index contributed by atoms with van der Waals surface area (Å²) >= 11 is 0. The standard InChI is InChI=1S/C13H24N2O2/c1-3-4-5-6-8-14-13(17)15-9-7-11(2)12(15)10-16/h3,11-12,16H,1,4-10H2,2H3,(H,14,17)/t11-,12-/m1/s1. The fourth-order valence-corrected chi connectivity index (χ4v) is 2.25. The number of likely N-dealkylation sites (tertiary alicyclic amines) is 1. The zero-order valence-electron chi connectivity index (χ0n) is 10.7. The first kappa shape index (κ1) is 14.0. The zero-order chi connectivity index (χ0) is 12.7. The largest absolute Gasteiger partial charge is 0.394 e. The van der Waals surface area contributed by atoms with Crippen molar-refractivity contribution in [1.29, 1.82) is 0 Å². The number of hydrogen-bond donors (Lipinski definition) is 2. The Kier molecular flexibility index (Phi) is 6.05. The Bertz CT molecular complexity index is 256. The molecule has 0 aliphatic carbocycles. The molecular weight excluding hydrogens is 216 g/mol. The van der Waals surface area contributed by atoms with Crippen molar-refractivity contribution in [2.45, 2.75) is 38.6 Å². The van der Waals surface area contributed by atoms with Gasteiger partial charge in [-0.25, -0.2) is 4.79 Å². The number of aliphatic hydroxyl groups excluding tert-OH is 1. The van der Waals surface area contributed by atoms with Crippen molar-refractivity contribution in [2.75, 3.05) is 19.7 Å². The minimum atomic E-state index is -0.0352. The number of nitrogens with zero attached hydrogens (tertiary/aromatic N) is 1. The molecule has 1 heterocycles. The van der Waals surface area contributed by atoms with E-state index in [1.54, 1.807) is 4.90 Å². The van der Waals surface area contributed by atoms with Crippen molar-refractivity contribution < 1.29 is 9.90 Å². The second-order valence-electron chi connectivity index (χ2n) is 4.73. The number of rotatable bonds is 6. The number of carbonyl (C=O) groups excluding carboxylic acids is 1. The molecule has 0 spiro atoms. The summed E-state index contributed by atoms with van der Waals surface area (Å²) in [6.07, 6.45) is 5.91. The molecule has 0 radical (unpaired) electrons. The molecule has 1 rings (SSSR count). The molecule has 2 amide bonds. The first-order chi connectivity index (χ1) is 8.20. The second-order valence-corrected chi connectivity index (χ2v) is 4.73. The van der Waals surface area contributed by atoms with E-state index in [1.807, 2.05) is 6.08 Å². The van der Waals surface area contributed by atoms with Crippen LogP contribution in [0.1, 0.15) is 32.6 Å². The third-order valence-corrected chi connectivity index (χ3v) is 3.44. The van der Waals surface area contributed by atoms with Gasteiger partial charge in [0.25, 0.3) is 0 Å². The molecule has 98 valence electrons. The molecule has 0 aromatic rings. The van der Waals surface area contributed by atoms with E-state index in [0.29, 0.717) is 12.5 Å². The fourth-order valence-electron chi connectivity index (χ4n) is 2.25. The van der Waals surface area contributed by atoms with Crippen LogP contribution in [0.25, 0.3) is 0 Å². The van der Waals surface area contributed by atoms with Crippen LogP contribution in [0.4, 0.5) is 4.79 Å². The molecule has 2 N–H and O–H groups in total. The van der Waals surface area contributed by atoms with Gasteiger partial charge in [-0.3, -0.25) is 0 Å². The molecule has 2 atom stereocenters. The smallest absolute Gasteiger partial charge is 0.317 e. The van der Waals surface area contributed by atoms with E-state index in [2.05, 4.69) is 18.8 Å². The maximum Gasteiger partial charge on any atom is 0.317 e. The molecule has 0 bridgehead atoms. The zero-order valence-corrected chi connectivity index (χ0v) is 10.7. The predicted octanol–water partition coefficient (Wildman–Crippen LogP) is 1.76. The number of amides is 2. The Balaban J connectivity index is 2.25. The predicted molar refractivity (Wildman–Crippen MR) is 68.8 cm³/mol. The van der Waals surface area contributed by atoms with Gasteiger partial charge < -0.3 is 15.3 Å². The summed E-state index contributed by atoms with van der Waals surface area (Å²) in [7, 11) is 0. The van der Waals surface area contributed by atoms with Crippen LogP contribution in [0.5, 0.6) is 0 Å². The summed E-state index contributed by atoms with van der Waals surface area (Å²) in [6.45, 7) is 7.26. The van der Waals surface area contributed by atoms with E-state index < -0.39 is 0 Å². The maximum absolute atomic E-state index is 11.9. The molecule has 4 nitrogen and oxygen atoms in total. The van der Waals surface area contributed by atoms with Crippen molar-refractivity contribution in [3.63, 3.8) is 0 Å². The van der Waals surface area contributed by atoms with Gasteiger partial charge in [0.15, 0.2) is 0 Å². The van der Waals surface area contributed by atoms with Crippen LogP contribution in [0.2, 0.25) is 0 Å². The van der Waals surface area contributed by atoms with Crippen molar-refractivity contribution >= 4 is 6.03 Å². The molecule has 0 unspecified atom stereocenters. The lowest BCUT2D eigenvalue weighted by Crippen LogP contribution is -2.45. The summed E-state index contributed by atoms with van der Waals surface area (Å²) in [5, 5.41) is 12.2. The van der Waals surface area contributed by atoms with Crippen LogP contribution in [-0.4, -0.2) is 41.8 Å². The Morgan fingerprint density at radius 1 is 1.59 bits per heavy atom. The molecular formula is C13H24N2O2. The highest BCUT2D eigenvalue weighted by atomic mass is 16.3. The molecule has 17 heavy (non-hydrogen) atoms. The normalized spacial score (nSPS) is 23.8. The van der Waals surface area contributed by atoms with Crippen molar-refractivity contribution in [2.24, 2.45) is 5.92 Å². The number of hydrogen-bond acceptors (Lipinski definition) is 2. The van der Waals surface area contributed by atoms with Crippen molar-refractivity contribution in [1.82, 2.24) is 10.2 Å². The minimum Gasteiger partial charge on any atom is -0.394 e. The summed E-state index contributed by atoms with van der Waals surface area (Å²) in [4.78, 5) is 13.6. The van der Waals surface area contributed by atoms with Gasteiger partial charge in [-0.05, 0) is 31.6 Å².